The van der Waals surface area contributed by atoms with Gasteiger partial charge in [-0.15, -0.1) is 0 Å². The molecule has 0 aromatic rings. The summed E-state index contributed by atoms with van der Waals surface area (Å²) in [6.07, 6.45) is -4.00. The molecule has 0 aromatic heterocycles. The van der Waals surface area contributed by atoms with Gasteiger partial charge >= 0.3 is 12.3 Å². The van der Waals surface area contributed by atoms with E-state index in [9.17, 15) is 17.6 Å². The first-order valence-corrected chi connectivity index (χ1v) is 4.19. The van der Waals surface area contributed by atoms with Crippen molar-refractivity contribution in [2.45, 2.75) is 21.9 Å². The molecule has 0 N–H and O–H groups in total. The van der Waals surface area contributed by atoms with Gasteiger partial charge in [-0.05, 0) is 0 Å². The standard InChI is InChI=1S/C4H2Cl4F4O/c5-1(13-4(6,7)8)3(11,12)2(9)10/h1-2H. The van der Waals surface area contributed by atoms with Crippen LogP contribution in [0.2, 0.25) is 0 Å². The van der Waals surface area contributed by atoms with Crippen molar-refractivity contribution in [3.8, 4) is 0 Å². The average molecular weight is 284 g/mol. The Labute approximate surface area is 90.8 Å². The van der Waals surface area contributed by atoms with Gasteiger partial charge in [0.25, 0.3) is 3.98 Å². The first-order chi connectivity index (χ1) is 5.57. The van der Waals surface area contributed by atoms with E-state index < -0.39 is 21.9 Å². The third kappa shape index (κ3) is 4.74. The summed E-state index contributed by atoms with van der Waals surface area (Å²) in [4.78, 5) is 0. The summed E-state index contributed by atoms with van der Waals surface area (Å²) in [5.74, 6) is -4.58. The molecule has 0 bridgehead atoms. The fourth-order valence-electron chi connectivity index (χ4n) is 0.295. The molecule has 0 heterocycles. The van der Waals surface area contributed by atoms with Crippen LogP contribution in [0.5, 0.6) is 0 Å². The number of hydrogen-bond donors (Lipinski definition) is 0. The fourth-order valence-corrected chi connectivity index (χ4v) is 0.928. The van der Waals surface area contributed by atoms with Crippen molar-refractivity contribution in [2.24, 2.45) is 0 Å². The highest BCUT2D eigenvalue weighted by Crippen LogP contribution is 2.38. The lowest BCUT2D eigenvalue weighted by Crippen LogP contribution is -2.40. The molecule has 0 rings (SSSR count). The van der Waals surface area contributed by atoms with Gasteiger partial charge in [0.2, 0.25) is 5.56 Å². The van der Waals surface area contributed by atoms with Crippen molar-refractivity contribution in [3.63, 3.8) is 0 Å². The maximum absolute atomic E-state index is 12.3. The quantitative estimate of drug-likeness (QED) is 0.565. The maximum atomic E-state index is 12.3. The molecule has 0 saturated heterocycles. The lowest BCUT2D eigenvalue weighted by atomic mass is 10.4. The zero-order chi connectivity index (χ0) is 10.9. The Morgan fingerprint density at radius 2 is 1.46 bits per heavy atom. The highest BCUT2D eigenvalue weighted by atomic mass is 35.6. The minimum absolute atomic E-state index is 2.56. The fraction of sp³-hybridized carbons (Fsp3) is 1.00. The van der Waals surface area contributed by atoms with Gasteiger partial charge in [-0.2, -0.15) is 8.78 Å². The van der Waals surface area contributed by atoms with Crippen molar-refractivity contribution in [1.82, 2.24) is 0 Å². The van der Waals surface area contributed by atoms with E-state index in [2.05, 4.69) is 4.74 Å². The Balaban J connectivity index is 4.34. The van der Waals surface area contributed by atoms with Crippen molar-refractivity contribution < 1.29 is 22.3 Å². The van der Waals surface area contributed by atoms with E-state index in [4.69, 9.17) is 46.4 Å². The number of halogens is 8. The topological polar surface area (TPSA) is 9.23 Å². The van der Waals surface area contributed by atoms with Crippen LogP contribution in [0.25, 0.3) is 0 Å². The summed E-state index contributed by atoms with van der Waals surface area (Å²) in [5, 5.41) is 0. The summed E-state index contributed by atoms with van der Waals surface area (Å²) >= 11 is 19.4. The first kappa shape index (κ1) is 13.8. The normalized spacial score (nSPS) is 16.4. The molecule has 0 radical (unpaired) electrons. The van der Waals surface area contributed by atoms with Gasteiger partial charge in [0.15, 0.2) is 0 Å². The monoisotopic (exact) mass is 282 g/mol. The van der Waals surface area contributed by atoms with Crippen LogP contribution in [-0.4, -0.2) is 21.9 Å². The van der Waals surface area contributed by atoms with Gasteiger partial charge in [-0.25, -0.2) is 8.78 Å². The molecule has 0 saturated carbocycles. The molecule has 1 unspecified atom stereocenters. The number of hydrogen-bond acceptors (Lipinski definition) is 1. The van der Waals surface area contributed by atoms with Crippen LogP contribution >= 0.6 is 46.4 Å². The lowest BCUT2D eigenvalue weighted by Gasteiger charge is -2.24. The second kappa shape index (κ2) is 4.57. The summed E-state index contributed by atoms with van der Waals surface area (Å²) in [5.41, 5.74) is -2.71. The molecular weight excluding hydrogens is 282 g/mol. The van der Waals surface area contributed by atoms with Crippen LogP contribution in [0, 0.1) is 0 Å². The van der Waals surface area contributed by atoms with E-state index in [-0.39, 0.29) is 0 Å². The van der Waals surface area contributed by atoms with Crippen LogP contribution in [-0.2, 0) is 4.74 Å². The minimum atomic E-state index is -4.58. The second-order valence-corrected chi connectivity index (χ2v) is 4.43. The second-order valence-electron chi connectivity index (χ2n) is 1.85. The van der Waals surface area contributed by atoms with Gasteiger partial charge in [-0.1, -0.05) is 46.4 Å². The third-order valence-corrected chi connectivity index (χ3v) is 1.48. The lowest BCUT2D eigenvalue weighted by molar-refractivity contribution is -0.182. The first-order valence-electron chi connectivity index (χ1n) is 2.62. The van der Waals surface area contributed by atoms with E-state index in [1.54, 1.807) is 0 Å². The van der Waals surface area contributed by atoms with Crippen molar-refractivity contribution in [1.29, 1.82) is 0 Å². The Hall–Kier alpha value is 0.840. The highest BCUT2D eigenvalue weighted by molar-refractivity contribution is 6.66. The molecule has 9 heteroatoms. The van der Waals surface area contributed by atoms with Gasteiger partial charge in [0.05, 0.1) is 0 Å². The largest absolute Gasteiger partial charge is 0.346 e. The van der Waals surface area contributed by atoms with Crippen molar-refractivity contribution in [2.75, 3.05) is 0 Å². The molecule has 0 amide bonds. The Morgan fingerprint density at radius 3 is 1.69 bits per heavy atom. The predicted molar refractivity (Wildman–Crippen MR) is 42.0 cm³/mol. The van der Waals surface area contributed by atoms with E-state index in [1.807, 2.05) is 0 Å². The highest BCUT2D eigenvalue weighted by Gasteiger charge is 2.51. The SMILES string of the molecule is FC(F)C(F)(F)C(Cl)OC(Cl)(Cl)Cl. The number of ether oxygens (including phenoxy) is 1. The third-order valence-electron chi connectivity index (χ3n) is 0.831. The van der Waals surface area contributed by atoms with E-state index >= 15 is 0 Å². The van der Waals surface area contributed by atoms with E-state index in [0.29, 0.717) is 0 Å². The molecule has 0 fully saturated rings. The molecule has 0 spiro atoms. The zero-order valence-electron chi connectivity index (χ0n) is 5.59. The average Bonchev–Trinajstić information content (AvgIpc) is 1.82. The summed E-state index contributed by atoms with van der Waals surface area (Å²) in [7, 11) is 0. The summed E-state index contributed by atoms with van der Waals surface area (Å²) in [6, 6.07) is 0. The predicted octanol–water partition coefficient (Wildman–Crippen LogP) is 3.80. The molecule has 80 valence electrons. The zero-order valence-corrected chi connectivity index (χ0v) is 8.61. The number of rotatable bonds is 3. The van der Waals surface area contributed by atoms with Crippen LogP contribution in [0.4, 0.5) is 17.6 Å². The molecule has 0 aliphatic heterocycles. The molecule has 13 heavy (non-hydrogen) atoms. The van der Waals surface area contributed by atoms with Gasteiger partial charge in [-0.3, -0.25) is 0 Å². The van der Waals surface area contributed by atoms with Gasteiger partial charge < -0.3 is 4.74 Å². The Bertz CT molecular complexity index is 170. The molecule has 0 aliphatic rings. The van der Waals surface area contributed by atoms with Crippen LogP contribution < -0.4 is 0 Å². The van der Waals surface area contributed by atoms with E-state index in [1.165, 1.54) is 0 Å². The van der Waals surface area contributed by atoms with Crippen LogP contribution in [0.3, 0.4) is 0 Å². The smallest absolute Gasteiger partial charge is 0.308 e. The molecule has 1 atom stereocenters. The van der Waals surface area contributed by atoms with Gasteiger partial charge in [0.1, 0.15) is 0 Å². The molecule has 0 aliphatic carbocycles. The Morgan fingerprint density at radius 1 is 1.08 bits per heavy atom. The van der Waals surface area contributed by atoms with Crippen molar-refractivity contribution in [3.05, 3.63) is 0 Å². The summed E-state index contributed by atoms with van der Waals surface area (Å²) < 4.78 is 49.0. The van der Waals surface area contributed by atoms with Gasteiger partial charge in [0, 0.05) is 0 Å². The number of alkyl halides is 8. The molecular formula is C4H2Cl4F4O. The Kier molecular flexibility index (Phi) is 4.87. The maximum Gasteiger partial charge on any atom is 0.346 e. The van der Waals surface area contributed by atoms with E-state index in [0.717, 1.165) is 0 Å². The van der Waals surface area contributed by atoms with Crippen LogP contribution in [0.15, 0.2) is 0 Å². The summed E-state index contributed by atoms with van der Waals surface area (Å²) in [6.45, 7) is 0. The molecule has 0 aromatic carbocycles. The van der Waals surface area contributed by atoms with Crippen LogP contribution in [0.1, 0.15) is 0 Å². The van der Waals surface area contributed by atoms with Crippen molar-refractivity contribution >= 4 is 46.4 Å². The minimum Gasteiger partial charge on any atom is -0.308 e. The molecule has 1 nitrogen and oxygen atoms in total.